The van der Waals surface area contributed by atoms with Gasteiger partial charge in [0.25, 0.3) is 0 Å². The lowest BCUT2D eigenvalue weighted by molar-refractivity contribution is 0.0523. The lowest BCUT2D eigenvalue weighted by Gasteiger charge is -2.09. The summed E-state index contributed by atoms with van der Waals surface area (Å²) < 4.78 is 4.92. The molecular weight excluding hydrogens is 204 g/mol. The van der Waals surface area contributed by atoms with Crippen molar-refractivity contribution in [2.45, 2.75) is 27.7 Å². The Balaban J connectivity index is 3.30. The minimum Gasteiger partial charge on any atom is -0.462 e. The van der Waals surface area contributed by atoms with Gasteiger partial charge in [-0.2, -0.15) is 0 Å². The van der Waals surface area contributed by atoms with Crippen molar-refractivity contribution in [3.8, 4) is 0 Å². The number of ether oxygens (including phenoxy) is 1. The zero-order chi connectivity index (χ0) is 12.3. The Hall–Kier alpha value is -1.64. The number of aryl methyl sites for hydroxylation is 2. The van der Waals surface area contributed by atoms with Crippen molar-refractivity contribution >= 4 is 11.8 Å². The molecule has 1 aromatic rings. The van der Waals surface area contributed by atoms with Crippen molar-refractivity contribution in [2.24, 2.45) is 0 Å². The van der Waals surface area contributed by atoms with E-state index in [1.807, 2.05) is 13.8 Å². The zero-order valence-electron chi connectivity index (χ0n) is 10.1. The summed E-state index contributed by atoms with van der Waals surface area (Å²) in [6, 6.07) is 3.45. The normalized spacial score (nSPS) is 10.0. The Morgan fingerprint density at radius 2 is 1.62 bits per heavy atom. The van der Waals surface area contributed by atoms with Crippen LogP contribution in [0.1, 0.15) is 45.7 Å². The van der Waals surface area contributed by atoms with Crippen LogP contribution in [-0.4, -0.2) is 18.4 Å². The highest BCUT2D eigenvalue weighted by molar-refractivity contribution is 6.05. The molecule has 0 aliphatic heterocycles. The minimum atomic E-state index is -0.434. The Morgan fingerprint density at radius 3 is 2.06 bits per heavy atom. The number of esters is 1. The summed E-state index contributed by atoms with van der Waals surface area (Å²) >= 11 is 0. The van der Waals surface area contributed by atoms with E-state index >= 15 is 0 Å². The molecule has 3 nitrogen and oxygen atoms in total. The summed E-state index contributed by atoms with van der Waals surface area (Å²) in [6.45, 7) is 7.32. The number of rotatable bonds is 3. The van der Waals surface area contributed by atoms with Crippen LogP contribution in [0.15, 0.2) is 12.1 Å². The van der Waals surface area contributed by atoms with Gasteiger partial charge in [0.2, 0.25) is 0 Å². The van der Waals surface area contributed by atoms with Crippen LogP contribution in [0.2, 0.25) is 0 Å². The van der Waals surface area contributed by atoms with E-state index in [0.717, 1.165) is 11.1 Å². The molecule has 0 aliphatic rings. The highest BCUT2D eigenvalue weighted by atomic mass is 16.5. The van der Waals surface area contributed by atoms with E-state index in [1.54, 1.807) is 19.1 Å². The molecule has 0 N–H and O–H groups in total. The maximum absolute atomic E-state index is 11.7. The average Bonchev–Trinajstić information content (AvgIpc) is 2.21. The first-order chi connectivity index (χ1) is 7.47. The molecule has 0 spiro atoms. The molecular formula is C13H16O3. The van der Waals surface area contributed by atoms with E-state index in [-0.39, 0.29) is 5.78 Å². The third-order valence-corrected chi connectivity index (χ3v) is 2.51. The number of benzene rings is 1. The lowest BCUT2D eigenvalue weighted by atomic mass is 9.98. The van der Waals surface area contributed by atoms with E-state index in [4.69, 9.17) is 4.74 Å². The summed E-state index contributed by atoms with van der Waals surface area (Å²) in [6.07, 6.45) is 0. The second-order valence-electron chi connectivity index (χ2n) is 3.76. The number of hydrogen-bond donors (Lipinski definition) is 0. The first-order valence-corrected chi connectivity index (χ1v) is 5.26. The van der Waals surface area contributed by atoms with Crippen molar-refractivity contribution < 1.29 is 14.3 Å². The monoisotopic (exact) mass is 220 g/mol. The largest absolute Gasteiger partial charge is 0.462 e. The molecule has 1 rings (SSSR count). The highest BCUT2D eigenvalue weighted by Crippen LogP contribution is 2.17. The first-order valence-electron chi connectivity index (χ1n) is 5.26. The van der Waals surface area contributed by atoms with Crippen LogP contribution in [-0.2, 0) is 4.74 Å². The Labute approximate surface area is 95.4 Å². The average molecular weight is 220 g/mol. The Kier molecular flexibility index (Phi) is 3.82. The molecule has 3 heteroatoms. The summed E-state index contributed by atoms with van der Waals surface area (Å²) in [5, 5.41) is 0. The quantitative estimate of drug-likeness (QED) is 0.581. The van der Waals surface area contributed by atoms with E-state index < -0.39 is 5.97 Å². The number of carbonyl (C=O) groups is 2. The van der Waals surface area contributed by atoms with Crippen molar-refractivity contribution in [3.63, 3.8) is 0 Å². The van der Waals surface area contributed by atoms with Crippen LogP contribution in [0.4, 0.5) is 0 Å². The smallest absolute Gasteiger partial charge is 0.338 e. The second kappa shape index (κ2) is 4.92. The van der Waals surface area contributed by atoms with Gasteiger partial charge < -0.3 is 4.74 Å². The Morgan fingerprint density at radius 1 is 1.12 bits per heavy atom. The van der Waals surface area contributed by atoms with Gasteiger partial charge in [0.15, 0.2) is 5.78 Å². The van der Waals surface area contributed by atoms with Crippen molar-refractivity contribution in [1.82, 2.24) is 0 Å². The molecule has 0 fully saturated rings. The van der Waals surface area contributed by atoms with Crippen LogP contribution in [0, 0.1) is 13.8 Å². The molecule has 0 radical (unpaired) electrons. The van der Waals surface area contributed by atoms with Gasteiger partial charge in [0, 0.05) is 5.56 Å². The third-order valence-electron chi connectivity index (χ3n) is 2.51. The molecule has 0 aromatic heterocycles. The second-order valence-corrected chi connectivity index (χ2v) is 3.76. The number of carbonyl (C=O) groups excluding carboxylic acids is 2. The molecule has 0 aliphatic carbocycles. The maximum atomic E-state index is 11.7. The van der Waals surface area contributed by atoms with E-state index in [1.165, 1.54) is 6.92 Å². The summed E-state index contributed by atoms with van der Waals surface area (Å²) in [5.41, 5.74) is 2.77. The summed E-state index contributed by atoms with van der Waals surface area (Å²) in [4.78, 5) is 23.1. The van der Waals surface area contributed by atoms with Crippen LogP contribution < -0.4 is 0 Å². The van der Waals surface area contributed by atoms with Gasteiger partial charge in [-0.3, -0.25) is 4.79 Å². The maximum Gasteiger partial charge on any atom is 0.338 e. The SMILES string of the molecule is CCOC(=O)c1cc(C)c(C)cc1C(C)=O. The van der Waals surface area contributed by atoms with Crippen LogP contribution >= 0.6 is 0 Å². The van der Waals surface area contributed by atoms with Crippen LogP contribution in [0.5, 0.6) is 0 Å². The molecule has 0 unspecified atom stereocenters. The third kappa shape index (κ3) is 2.48. The molecule has 1 aromatic carbocycles. The van der Waals surface area contributed by atoms with E-state index in [2.05, 4.69) is 0 Å². The van der Waals surface area contributed by atoms with Gasteiger partial charge in [0.05, 0.1) is 12.2 Å². The number of Topliss-reactive ketones (excluding diaryl/α,β-unsaturated/α-hetero) is 1. The summed E-state index contributed by atoms with van der Waals surface area (Å²) in [5.74, 6) is -0.554. The van der Waals surface area contributed by atoms with E-state index in [9.17, 15) is 9.59 Å². The molecule has 16 heavy (non-hydrogen) atoms. The van der Waals surface area contributed by atoms with Crippen molar-refractivity contribution in [2.75, 3.05) is 6.61 Å². The van der Waals surface area contributed by atoms with Gasteiger partial charge in [-0.1, -0.05) is 0 Å². The Bertz CT molecular complexity index is 433. The molecule has 86 valence electrons. The fraction of sp³-hybridized carbons (Fsp3) is 0.385. The predicted octanol–water partition coefficient (Wildman–Crippen LogP) is 2.68. The highest BCUT2D eigenvalue weighted by Gasteiger charge is 2.16. The van der Waals surface area contributed by atoms with Gasteiger partial charge in [-0.25, -0.2) is 4.79 Å². The molecule has 0 bridgehead atoms. The molecule has 0 atom stereocenters. The minimum absolute atomic E-state index is 0.119. The first kappa shape index (κ1) is 12.4. The van der Waals surface area contributed by atoms with Gasteiger partial charge >= 0.3 is 5.97 Å². The fourth-order valence-corrected chi connectivity index (χ4v) is 1.49. The van der Waals surface area contributed by atoms with Crippen LogP contribution in [0.3, 0.4) is 0 Å². The van der Waals surface area contributed by atoms with E-state index in [0.29, 0.717) is 17.7 Å². The predicted molar refractivity (Wildman–Crippen MR) is 61.9 cm³/mol. The molecule has 0 amide bonds. The zero-order valence-corrected chi connectivity index (χ0v) is 10.1. The molecule has 0 heterocycles. The van der Waals surface area contributed by atoms with Crippen LogP contribution in [0.25, 0.3) is 0 Å². The number of ketones is 1. The lowest BCUT2D eigenvalue weighted by Crippen LogP contribution is -2.11. The molecule has 0 saturated carbocycles. The van der Waals surface area contributed by atoms with Gasteiger partial charge in [-0.15, -0.1) is 0 Å². The topological polar surface area (TPSA) is 43.4 Å². The fourth-order valence-electron chi connectivity index (χ4n) is 1.49. The standard InChI is InChI=1S/C13H16O3/c1-5-16-13(15)12-7-9(3)8(2)6-11(12)10(4)14/h6-7H,5H2,1-4H3. The van der Waals surface area contributed by atoms with Gasteiger partial charge in [0.1, 0.15) is 0 Å². The number of hydrogen-bond acceptors (Lipinski definition) is 3. The van der Waals surface area contributed by atoms with Gasteiger partial charge in [-0.05, 0) is 51.0 Å². The van der Waals surface area contributed by atoms with Crippen molar-refractivity contribution in [3.05, 3.63) is 34.4 Å². The molecule has 0 saturated heterocycles. The summed E-state index contributed by atoms with van der Waals surface area (Å²) in [7, 11) is 0. The van der Waals surface area contributed by atoms with Crippen molar-refractivity contribution in [1.29, 1.82) is 0 Å².